The first kappa shape index (κ1) is 15.1. The van der Waals surface area contributed by atoms with Crippen molar-refractivity contribution in [3.05, 3.63) is 24.4 Å². The van der Waals surface area contributed by atoms with Crippen LogP contribution >= 0.6 is 0 Å². The lowest BCUT2D eigenvalue weighted by Gasteiger charge is -2.42. The lowest BCUT2D eigenvalue weighted by atomic mass is 10.0. The van der Waals surface area contributed by atoms with Crippen LogP contribution in [0.4, 0.5) is 5.82 Å². The first-order valence-corrected chi connectivity index (χ1v) is 8.40. The third kappa shape index (κ3) is 3.39. The van der Waals surface area contributed by atoms with E-state index < -0.39 is 5.60 Å². The van der Waals surface area contributed by atoms with Crippen molar-refractivity contribution in [3.8, 4) is 0 Å². The van der Waals surface area contributed by atoms with E-state index in [0.29, 0.717) is 19.0 Å². The minimum absolute atomic E-state index is 0.0349. The minimum Gasteiger partial charge on any atom is -0.377 e. The van der Waals surface area contributed by atoms with Gasteiger partial charge in [-0.05, 0) is 30.9 Å². The van der Waals surface area contributed by atoms with Crippen LogP contribution in [-0.2, 0) is 14.3 Å². The number of carbonyl (C=O) groups excluding carboxylic acids is 1. The third-order valence-corrected chi connectivity index (χ3v) is 4.82. The lowest BCUT2D eigenvalue weighted by molar-refractivity contribution is -0.146. The quantitative estimate of drug-likeness (QED) is 0.830. The highest BCUT2D eigenvalue weighted by molar-refractivity contribution is 5.94. The maximum absolute atomic E-state index is 12.3. The maximum Gasteiger partial charge on any atom is 0.254 e. The maximum atomic E-state index is 12.3. The van der Waals surface area contributed by atoms with Crippen molar-refractivity contribution in [1.29, 1.82) is 0 Å². The molecule has 4 rings (SSSR count). The standard InChI is InChI=1S/C17H23N3O3/c21-16-10-23-17(12-20(16)15-3-1-2-6-18-15)11-19(7-8-22-13-17)9-14-4-5-14/h1-3,6,14H,4-5,7-13H2. The third-order valence-electron chi connectivity index (χ3n) is 4.82. The Morgan fingerprint density at radius 2 is 2.22 bits per heavy atom. The van der Waals surface area contributed by atoms with Crippen molar-refractivity contribution in [1.82, 2.24) is 9.88 Å². The van der Waals surface area contributed by atoms with E-state index in [0.717, 1.165) is 32.2 Å². The van der Waals surface area contributed by atoms with Gasteiger partial charge in [-0.25, -0.2) is 4.98 Å². The number of rotatable bonds is 3. The van der Waals surface area contributed by atoms with Gasteiger partial charge in [0, 0.05) is 25.8 Å². The number of anilines is 1. The van der Waals surface area contributed by atoms with Gasteiger partial charge in [0.05, 0.1) is 19.8 Å². The fourth-order valence-electron chi connectivity index (χ4n) is 3.43. The predicted octanol–water partition coefficient (Wildman–Crippen LogP) is 0.926. The second-order valence-electron chi connectivity index (χ2n) is 6.87. The van der Waals surface area contributed by atoms with Crippen molar-refractivity contribution in [3.63, 3.8) is 0 Å². The van der Waals surface area contributed by atoms with Crippen LogP contribution in [0.5, 0.6) is 0 Å². The Labute approximate surface area is 136 Å². The summed E-state index contributed by atoms with van der Waals surface area (Å²) in [6, 6.07) is 5.63. The van der Waals surface area contributed by atoms with Crippen molar-refractivity contribution in [2.75, 3.05) is 50.9 Å². The summed E-state index contributed by atoms with van der Waals surface area (Å²) in [6.07, 6.45) is 4.39. The number of aromatic nitrogens is 1. The van der Waals surface area contributed by atoms with Crippen LogP contribution in [-0.4, -0.2) is 67.4 Å². The Morgan fingerprint density at radius 3 is 3.00 bits per heavy atom. The molecule has 6 heteroatoms. The summed E-state index contributed by atoms with van der Waals surface area (Å²) < 4.78 is 11.8. The summed E-state index contributed by atoms with van der Waals surface area (Å²) in [5.41, 5.74) is -0.448. The van der Waals surface area contributed by atoms with Gasteiger partial charge < -0.3 is 9.47 Å². The predicted molar refractivity (Wildman–Crippen MR) is 85.3 cm³/mol. The van der Waals surface area contributed by atoms with E-state index in [1.807, 2.05) is 18.2 Å². The molecular formula is C17H23N3O3. The number of ether oxygens (including phenoxy) is 2. The van der Waals surface area contributed by atoms with Crippen molar-refractivity contribution in [2.24, 2.45) is 5.92 Å². The number of hydrogen-bond donors (Lipinski definition) is 0. The molecule has 1 aliphatic carbocycles. The van der Waals surface area contributed by atoms with Gasteiger partial charge in [0.1, 0.15) is 18.0 Å². The van der Waals surface area contributed by atoms with Crippen LogP contribution in [0.1, 0.15) is 12.8 Å². The Hall–Kier alpha value is -1.50. The second kappa shape index (κ2) is 6.19. The molecule has 3 aliphatic rings. The van der Waals surface area contributed by atoms with E-state index >= 15 is 0 Å². The van der Waals surface area contributed by atoms with Gasteiger partial charge in [0.15, 0.2) is 0 Å². The molecule has 1 unspecified atom stereocenters. The Kier molecular flexibility index (Phi) is 4.05. The van der Waals surface area contributed by atoms with Crippen molar-refractivity contribution in [2.45, 2.75) is 18.4 Å². The first-order valence-electron chi connectivity index (χ1n) is 8.40. The van der Waals surface area contributed by atoms with Crippen LogP contribution in [0.25, 0.3) is 0 Å². The molecule has 2 saturated heterocycles. The van der Waals surface area contributed by atoms with Gasteiger partial charge in [-0.2, -0.15) is 0 Å². The highest BCUT2D eigenvalue weighted by Crippen LogP contribution is 2.32. The average molecular weight is 317 g/mol. The monoisotopic (exact) mass is 317 g/mol. The molecule has 0 radical (unpaired) electrons. The number of morpholine rings is 1. The van der Waals surface area contributed by atoms with E-state index in [1.165, 1.54) is 12.8 Å². The number of pyridine rings is 1. The zero-order valence-electron chi connectivity index (χ0n) is 13.3. The summed E-state index contributed by atoms with van der Waals surface area (Å²) in [4.78, 5) is 20.8. The van der Waals surface area contributed by atoms with E-state index in [2.05, 4.69) is 9.88 Å². The molecule has 1 atom stereocenters. The van der Waals surface area contributed by atoms with Crippen molar-refractivity contribution >= 4 is 11.7 Å². The van der Waals surface area contributed by atoms with Gasteiger partial charge in [-0.1, -0.05) is 6.07 Å². The van der Waals surface area contributed by atoms with E-state index in [-0.39, 0.29) is 12.5 Å². The highest BCUT2D eigenvalue weighted by Gasteiger charge is 2.44. The molecule has 0 bridgehead atoms. The number of nitrogens with zero attached hydrogens (tertiary/aromatic N) is 3. The topological polar surface area (TPSA) is 54.9 Å². The minimum atomic E-state index is -0.448. The van der Waals surface area contributed by atoms with Gasteiger partial charge in [-0.3, -0.25) is 14.6 Å². The van der Waals surface area contributed by atoms with Gasteiger partial charge in [0.2, 0.25) is 0 Å². The van der Waals surface area contributed by atoms with E-state index in [4.69, 9.17) is 9.47 Å². The fourth-order valence-corrected chi connectivity index (χ4v) is 3.43. The Bertz CT molecular complexity index is 563. The molecule has 124 valence electrons. The summed E-state index contributed by atoms with van der Waals surface area (Å²) in [6.45, 7) is 4.74. The summed E-state index contributed by atoms with van der Waals surface area (Å²) in [5, 5.41) is 0. The lowest BCUT2D eigenvalue weighted by Crippen LogP contribution is -2.61. The van der Waals surface area contributed by atoms with Crippen LogP contribution < -0.4 is 4.90 Å². The number of amides is 1. The molecule has 2 aliphatic heterocycles. The molecule has 3 fully saturated rings. The highest BCUT2D eigenvalue weighted by atomic mass is 16.6. The molecule has 6 nitrogen and oxygen atoms in total. The summed E-state index contributed by atoms with van der Waals surface area (Å²) in [7, 11) is 0. The SMILES string of the molecule is O=C1COC2(COCCN(CC3CC3)C2)CN1c1ccccn1. The summed E-state index contributed by atoms with van der Waals surface area (Å²) >= 11 is 0. The molecule has 1 spiro atoms. The molecular weight excluding hydrogens is 294 g/mol. The molecule has 0 aromatic carbocycles. The normalized spacial score (nSPS) is 29.7. The molecule has 1 aromatic rings. The van der Waals surface area contributed by atoms with Gasteiger partial charge in [-0.15, -0.1) is 0 Å². The molecule has 3 heterocycles. The van der Waals surface area contributed by atoms with Crippen LogP contribution in [0.3, 0.4) is 0 Å². The van der Waals surface area contributed by atoms with Crippen LogP contribution in [0.2, 0.25) is 0 Å². The number of hydrogen-bond acceptors (Lipinski definition) is 5. The molecule has 23 heavy (non-hydrogen) atoms. The first-order chi connectivity index (χ1) is 11.2. The van der Waals surface area contributed by atoms with Gasteiger partial charge >= 0.3 is 0 Å². The van der Waals surface area contributed by atoms with Gasteiger partial charge in [0.25, 0.3) is 5.91 Å². The fraction of sp³-hybridized carbons (Fsp3) is 0.647. The van der Waals surface area contributed by atoms with E-state index in [1.54, 1.807) is 11.1 Å². The Balaban J connectivity index is 1.52. The second-order valence-corrected chi connectivity index (χ2v) is 6.87. The van der Waals surface area contributed by atoms with Crippen LogP contribution in [0.15, 0.2) is 24.4 Å². The van der Waals surface area contributed by atoms with Crippen LogP contribution in [0, 0.1) is 5.92 Å². The zero-order chi connectivity index (χ0) is 15.7. The average Bonchev–Trinajstić information content (AvgIpc) is 3.40. The summed E-state index contributed by atoms with van der Waals surface area (Å²) in [5.74, 6) is 1.49. The Morgan fingerprint density at radius 1 is 1.30 bits per heavy atom. The molecule has 0 N–H and O–H groups in total. The zero-order valence-corrected chi connectivity index (χ0v) is 13.3. The molecule has 1 aromatic heterocycles. The molecule has 1 saturated carbocycles. The largest absolute Gasteiger partial charge is 0.377 e. The van der Waals surface area contributed by atoms with Crippen molar-refractivity contribution < 1.29 is 14.3 Å². The number of carbonyl (C=O) groups is 1. The smallest absolute Gasteiger partial charge is 0.254 e. The molecule has 1 amide bonds. The van der Waals surface area contributed by atoms with E-state index in [9.17, 15) is 4.79 Å².